The van der Waals surface area contributed by atoms with Crippen LogP contribution in [0.3, 0.4) is 0 Å². The lowest BCUT2D eigenvalue weighted by atomic mass is 9.86. The summed E-state index contributed by atoms with van der Waals surface area (Å²) in [7, 11) is -0.106. The maximum atomic E-state index is 13.6. The van der Waals surface area contributed by atoms with Gasteiger partial charge in [0.25, 0.3) is 10.0 Å². The van der Waals surface area contributed by atoms with Gasteiger partial charge in [0, 0.05) is 38.1 Å². The number of hydrogen-bond donors (Lipinski definition) is 1. The molecule has 0 amide bonds. The van der Waals surface area contributed by atoms with Gasteiger partial charge in [0.05, 0.1) is 10.5 Å². The molecule has 6 nitrogen and oxygen atoms in total. The molecule has 0 bridgehead atoms. The zero-order valence-corrected chi connectivity index (χ0v) is 21.5. The van der Waals surface area contributed by atoms with Crippen LogP contribution in [0.2, 0.25) is 0 Å². The quantitative estimate of drug-likeness (QED) is 0.321. The predicted octanol–water partition coefficient (Wildman–Crippen LogP) is 6.11. The molecule has 1 heterocycles. The SMILES string of the molecule is CN(C)c1ccc(-c2cc(C(F)(F)F)ccc2C2CCc3cc(S(=O)(=O)Nc4ncccn4)ccc32)cc1. The van der Waals surface area contributed by atoms with E-state index in [0.29, 0.717) is 24.0 Å². The summed E-state index contributed by atoms with van der Waals surface area (Å²) in [5, 5.41) is 0. The van der Waals surface area contributed by atoms with Gasteiger partial charge in [0.1, 0.15) is 0 Å². The fraction of sp³-hybridized carbons (Fsp3) is 0.214. The predicted molar refractivity (Wildman–Crippen MR) is 141 cm³/mol. The first-order valence-electron chi connectivity index (χ1n) is 11.9. The van der Waals surface area contributed by atoms with Gasteiger partial charge in [-0.25, -0.2) is 23.1 Å². The van der Waals surface area contributed by atoms with Crippen molar-refractivity contribution in [3.63, 3.8) is 0 Å². The first kappa shape index (κ1) is 25.7. The molecule has 4 aromatic rings. The smallest absolute Gasteiger partial charge is 0.378 e. The summed E-state index contributed by atoms with van der Waals surface area (Å²) in [6, 6.07) is 17.8. The summed E-state index contributed by atoms with van der Waals surface area (Å²) in [5.41, 5.74) is 3.98. The summed E-state index contributed by atoms with van der Waals surface area (Å²) in [4.78, 5) is 9.82. The molecule has 196 valence electrons. The van der Waals surface area contributed by atoms with Gasteiger partial charge in [-0.2, -0.15) is 13.2 Å². The Morgan fingerprint density at radius 2 is 1.61 bits per heavy atom. The fourth-order valence-corrected chi connectivity index (χ4v) is 5.85. The largest absolute Gasteiger partial charge is 0.416 e. The van der Waals surface area contributed by atoms with Crippen LogP contribution in [-0.4, -0.2) is 32.5 Å². The molecule has 1 aromatic heterocycles. The summed E-state index contributed by atoms with van der Waals surface area (Å²) < 4.78 is 69.1. The Labute approximate surface area is 219 Å². The third kappa shape index (κ3) is 5.08. The van der Waals surface area contributed by atoms with Gasteiger partial charge in [-0.15, -0.1) is 0 Å². The van der Waals surface area contributed by atoms with E-state index in [1.165, 1.54) is 24.5 Å². The van der Waals surface area contributed by atoms with E-state index in [4.69, 9.17) is 0 Å². The number of aryl methyl sites for hydroxylation is 1. The van der Waals surface area contributed by atoms with Crippen LogP contribution >= 0.6 is 0 Å². The highest BCUT2D eigenvalue weighted by Crippen LogP contribution is 2.44. The van der Waals surface area contributed by atoms with Gasteiger partial charge in [0.2, 0.25) is 5.95 Å². The molecule has 1 atom stereocenters. The third-order valence-electron chi connectivity index (χ3n) is 6.74. The number of benzene rings is 3. The van der Waals surface area contributed by atoms with Crippen molar-refractivity contribution in [1.82, 2.24) is 9.97 Å². The Hall–Kier alpha value is -3.92. The normalized spacial score (nSPS) is 15.2. The van der Waals surface area contributed by atoms with Crippen molar-refractivity contribution >= 4 is 21.7 Å². The number of nitrogens with one attached hydrogen (secondary N) is 1. The minimum Gasteiger partial charge on any atom is -0.378 e. The Balaban J connectivity index is 1.53. The van der Waals surface area contributed by atoms with Crippen molar-refractivity contribution < 1.29 is 21.6 Å². The minimum absolute atomic E-state index is 0.0273. The highest BCUT2D eigenvalue weighted by molar-refractivity contribution is 7.92. The second-order valence-corrected chi connectivity index (χ2v) is 11.1. The average Bonchev–Trinajstić information content (AvgIpc) is 3.31. The first-order chi connectivity index (χ1) is 18.0. The lowest BCUT2D eigenvalue weighted by Crippen LogP contribution is -2.15. The maximum absolute atomic E-state index is 13.6. The number of fused-ring (bicyclic) bond motifs is 1. The molecule has 5 rings (SSSR count). The van der Waals surface area contributed by atoms with Gasteiger partial charge in [-0.1, -0.05) is 24.3 Å². The lowest BCUT2D eigenvalue weighted by molar-refractivity contribution is -0.137. The molecule has 0 aliphatic heterocycles. The molecule has 0 spiro atoms. The van der Waals surface area contributed by atoms with Crippen LogP contribution in [0.25, 0.3) is 11.1 Å². The summed E-state index contributed by atoms with van der Waals surface area (Å²) >= 11 is 0. The standard InChI is InChI=1S/C28H25F3N4O2S/c1-35(2)21-8-4-18(5-9-21)26-17-20(28(29,30)31)7-12-25(26)24-11-6-19-16-22(10-13-23(19)24)38(36,37)34-27-32-14-3-15-33-27/h3-5,7-10,12-17,24H,6,11H2,1-2H3,(H,32,33,34). The maximum Gasteiger partial charge on any atom is 0.416 e. The van der Waals surface area contributed by atoms with Crippen molar-refractivity contribution in [1.29, 1.82) is 0 Å². The number of halogens is 3. The van der Waals surface area contributed by atoms with Crippen molar-refractivity contribution in [3.8, 4) is 11.1 Å². The van der Waals surface area contributed by atoms with E-state index in [1.807, 2.05) is 43.3 Å². The fourth-order valence-electron chi connectivity index (χ4n) is 4.84. The monoisotopic (exact) mass is 538 g/mol. The zero-order valence-electron chi connectivity index (χ0n) is 20.7. The van der Waals surface area contributed by atoms with Crippen LogP contribution in [0.4, 0.5) is 24.8 Å². The molecule has 1 aliphatic carbocycles. The Kier molecular flexibility index (Phi) is 6.60. The summed E-state index contributed by atoms with van der Waals surface area (Å²) in [6.07, 6.45) is -0.335. The summed E-state index contributed by atoms with van der Waals surface area (Å²) in [5.74, 6) is -0.196. The van der Waals surface area contributed by atoms with E-state index in [1.54, 1.807) is 24.3 Å². The lowest BCUT2D eigenvalue weighted by Gasteiger charge is -2.20. The second-order valence-electron chi connectivity index (χ2n) is 9.37. The molecule has 38 heavy (non-hydrogen) atoms. The Morgan fingerprint density at radius 1 is 0.921 bits per heavy atom. The highest BCUT2D eigenvalue weighted by atomic mass is 32.2. The van der Waals surface area contributed by atoms with Gasteiger partial charge < -0.3 is 4.90 Å². The van der Waals surface area contributed by atoms with Crippen LogP contribution in [0.5, 0.6) is 0 Å². The van der Waals surface area contributed by atoms with Gasteiger partial charge in [-0.05, 0) is 83.1 Å². The van der Waals surface area contributed by atoms with Crippen LogP contribution in [0.1, 0.15) is 34.6 Å². The van der Waals surface area contributed by atoms with E-state index >= 15 is 0 Å². The van der Waals surface area contributed by atoms with Crippen LogP contribution in [0.15, 0.2) is 84.0 Å². The Bertz CT molecular complexity index is 1570. The van der Waals surface area contributed by atoms with Crippen molar-refractivity contribution in [2.45, 2.75) is 29.8 Å². The van der Waals surface area contributed by atoms with E-state index in [-0.39, 0.29) is 16.8 Å². The van der Waals surface area contributed by atoms with Crippen LogP contribution in [0, 0.1) is 0 Å². The minimum atomic E-state index is -4.47. The first-order valence-corrected chi connectivity index (χ1v) is 13.4. The molecule has 0 fully saturated rings. The number of alkyl halides is 3. The van der Waals surface area contributed by atoms with Gasteiger partial charge >= 0.3 is 6.18 Å². The third-order valence-corrected chi connectivity index (χ3v) is 8.07. The topological polar surface area (TPSA) is 75.2 Å². The van der Waals surface area contributed by atoms with Crippen molar-refractivity contribution in [2.24, 2.45) is 0 Å². The molecular weight excluding hydrogens is 513 g/mol. The molecule has 0 radical (unpaired) electrons. The summed E-state index contributed by atoms with van der Waals surface area (Å²) in [6.45, 7) is 0. The zero-order chi connectivity index (χ0) is 27.1. The average molecular weight is 539 g/mol. The Morgan fingerprint density at radius 3 is 2.26 bits per heavy atom. The van der Waals surface area contributed by atoms with E-state index in [2.05, 4.69) is 14.7 Å². The van der Waals surface area contributed by atoms with E-state index < -0.39 is 21.8 Å². The molecule has 0 saturated carbocycles. The molecule has 10 heteroatoms. The highest BCUT2D eigenvalue weighted by Gasteiger charge is 2.33. The molecule has 0 saturated heterocycles. The number of sulfonamides is 1. The van der Waals surface area contributed by atoms with E-state index in [0.717, 1.165) is 28.4 Å². The number of aromatic nitrogens is 2. The molecular formula is C28H25F3N4O2S. The van der Waals surface area contributed by atoms with E-state index in [9.17, 15) is 21.6 Å². The number of anilines is 2. The van der Waals surface area contributed by atoms with Crippen LogP contribution < -0.4 is 9.62 Å². The van der Waals surface area contributed by atoms with Crippen molar-refractivity contribution in [3.05, 3.63) is 101 Å². The van der Waals surface area contributed by atoms with Gasteiger partial charge in [0.15, 0.2) is 0 Å². The van der Waals surface area contributed by atoms with Crippen LogP contribution in [-0.2, 0) is 22.6 Å². The van der Waals surface area contributed by atoms with Gasteiger partial charge in [-0.3, -0.25) is 0 Å². The van der Waals surface area contributed by atoms with Crippen molar-refractivity contribution in [2.75, 3.05) is 23.7 Å². The number of hydrogen-bond acceptors (Lipinski definition) is 5. The molecule has 1 aliphatic rings. The molecule has 3 aromatic carbocycles. The number of nitrogens with zero attached hydrogens (tertiary/aromatic N) is 3. The molecule has 1 unspecified atom stereocenters. The molecule has 1 N–H and O–H groups in total. The second kappa shape index (κ2) is 9.75. The number of rotatable bonds is 6.